The molecule has 0 radical (unpaired) electrons. The summed E-state index contributed by atoms with van der Waals surface area (Å²) in [5, 5.41) is 8.96. The van der Waals surface area contributed by atoms with E-state index in [1.807, 2.05) is 24.3 Å². The molecule has 2 aromatic carbocycles. The van der Waals surface area contributed by atoms with Crippen molar-refractivity contribution in [1.29, 1.82) is 0 Å². The summed E-state index contributed by atoms with van der Waals surface area (Å²) in [6.45, 7) is 0.201. The molecule has 7 heteroatoms. The molecule has 1 amide bonds. The number of aromatic nitrogens is 2. The van der Waals surface area contributed by atoms with Crippen molar-refractivity contribution in [2.24, 2.45) is 0 Å². The Bertz CT molecular complexity index is 1130. The SMILES string of the molecule is COc1cccc(C(=O)NCc2nn(C3CCCC3)c(=O)c3ccccc23)c1OC. The highest BCUT2D eigenvalue weighted by atomic mass is 16.5. The fraction of sp³-hybridized carbons (Fsp3) is 0.348. The van der Waals surface area contributed by atoms with E-state index in [1.165, 1.54) is 14.2 Å². The first-order valence-corrected chi connectivity index (χ1v) is 10.1. The lowest BCUT2D eigenvalue weighted by Gasteiger charge is -2.16. The average molecular weight is 407 g/mol. The number of methoxy groups -OCH3 is 2. The first kappa shape index (κ1) is 19.9. The smallest absolute Gasteiger partial charge is 0.274 e. The Morgan fingerprint density at radius 1 is 1.07 bits per heavy atom. The number of rotatable bonds is 6. The van der Waals surface area contributed by atoms with Gasteiger partial charge in [-0.2, -0.15) is 5.10 Å². The molecule has 1 saturated carbocycles. The summed E-state index contributed by atoms with van der Waals surface area (Å²) in [5.74, 6) is 0.574. The number of benzene rings is 2. The van der Waals surface area contributed by atoms with E-state index >= 15 is 0 Å². The lowest BCUT2D eigenvalue weighted by Crippen LogP contribution is -2.30. The van der Waals surface area contributed by atoms with Gasteiger partial charge in [0.1, 0.15) is 0 Å². The van der Waals surface area contributed by atoms with Crippen molar-refractivity contribution in [3.8, 4) is 11.5 Å². The van der Waals surface area contributed by atoms with Crippen LogP contribution in [-0.2, 0) is 6.54 Å². The number of carbonyl (C=O) groups is 1. The minimum atomic E-state index is -0.296. The first-order valence-electron chi connectivity index (χ1n) is 10.1. The van der Waals surface area contributed by atoms with Crippen molar-refractivity contribution in [3.05, 3.63) is 64.1 Å². The predicted octanol–water partition coefficient (Wildman–Crippen LogP) is 3.46. The van der Waals surface area contributed by atoms with Crippen LogP contribution in [0, 0.1) is 0 Å². The Balaban J connectivity index is 1.67. The Labute approximate surface area is 174 Å². The summed E-state index contributed by atoms with van der Waals surface area (Å²) < 4.78 is 12.3. The Hall–Kier alpha value is -3.35. The zero-order valence-corrected chi connectivity index (χ0v) is 17.2. The highest BCUT2D eigenvalue weighted by Crippen LogP contribution is 2.31. The van der Waals surface area contributed by atoms with Gasteiger partial charge in [0.2, 0.25) is 0 Å². The maximum Gasteiger partial charge on any atom is 0.274 e. The van der Waals surface area contributed by atoms with E-state index in [0.717, 1.165) is 31.1 Å². The molecular weight excluding hydrogens is 382 g/mol. The number of amides is 1. The third-order valence-corrected chi connectivity index (χ3v) is 5.64. The van der Waals surface area contributed by atoms with Crippen LogP contribution < -0.4 is 20.3 Å². The van der Waals surface area contributed by atoms with Gasteiger partial charge >= 0.3 is 0 Å². The lowest BCUT2D eigenvalue weighted by atomic mass is 10.1. The molecule has 0 saturated heterocycles. The summed E-state index contributed by atoms with van der Waals surface area (Å²) in [6, 6.07) is 12.7. The second kappa shape index (κ2) is 8.57. The molecule has 1 fully saturated rings. The zero-order valence-electron chi connectivity index (χ0n) is 17.2. The van der Waals surface area contributed by atoms with Gasteiger partial charge in [0, 0.05) is 5.39 Å². The standard InChI is InChI=1S/C23H25N3O4/c1-29-20-13-7-12-18(21(20)30-2)22(27)24-14-19-16-10-5-6-11-17(16)23(28)26(25-19)15-8-3-4-9-15/h5-7,10-13,15H,3-4,8-9,14H2,1-2H3,(H,24,27). The molecule has 1 aromatic heterocycles. The number of hydrogen-bond acceptors (Lipinski definition) is 5. The number of ether oxygens (including phenoxy) is 2. The van der Waals surface area contributed by atoms with E-state index in [2.05, 4.69) is 10.4 Å². The number of carbonyl (C=O) groups excluding carboxylic acids is 1. The molecule has 7 nitrogen and oxygen atoms in total. The van der Waals surface area contributed by atoms with Crippen LogP contribution in [0.2, 0.25) is 0 Å². The third kappa shape index (κ3) is 3.63. The van der Waals surface area contributed by atoms with Gasteiger partial charge in [-0.05, 0) is 31.0 Å². The van der Waals surface area contributed by atoms with Crippen molar-refractivity contribution < 1.29 is 14.3 Å². The summed E-state index contributed by atoms with van der Waals surface area (Å²) in [7, 11) is 3.03. The second-order valence-corrected chi connectivity index (χ2v) is 7.40. The van der Waals surface area contributed by atoms with E-state index < -0.39 is 0 Å². The molecule has 4 rings (SSSR count). The molecule has 3 aromatic rings. The van der Waals surface area contributed by atoms with Gasteiger partial charge in [0.15, 0.2) is 11.5 Å². The second-order valence-electron chi connectivity index (χ2n) is 7.40. The van der Waals surface area contributed by atoms with E-state index in [-0.39, 0.29) is 24.1 Å². The van der Waals surface area contributed by atoms with Gasteiger partial charge in [0.25, 0.3) is 11.5 Å². The topological polar surface area (TPSA) is 82.5 Å². The molecule has 1 aliphatic rings. The molecule has 0 bridgehead atoms. The molecule has 0 unspecified atom stereocenters. The Morgan fingerprint density at radius 3 is 2.50 bits per heavy atom. The molecular formula is C23H25N3O4. The van der Waals surface area contributed by atoms with Crippen LogP contribution in [-0.4, -0.2) is 29.9 Å². The molecule has 0 spiro atoms. The van der Waals surface area contributed by atoms with Crippen LogP contribution in [0.25, 0.3) is 10.8 Å². The normalized spacial score (nSPS) is 14.1. The van der Waals surface area contributed by atoms with E-state index in [9.17, 15) is 9.59 Å². The maximum absolute atomic E-state index is 13.0. The molecule has 156 valence electrons. The Kier molecular flexibility index (Phi) is 5.70. The minimum absolute atomic E-state index is 0.0676. The fourth-order valence-corrected chi connectivity index (χ4v) is 4.13. The van der Waals surface area contributed by atoms with Crippen LogP contribution in [0.3, 0.4) is 0 Å². The highest BCUT2D eigenvalue weighted by Gasteiger charge is 2.22. The van der Waals surface area contributed by atoms with Crippen molar-refractivity contribution in [3.63, 3.8) is 0 Å². The van der Waals surface area contributed by atoms with Crippen LogP contribution >= 0.6 is 0 Å². The van der Waals surface area contributed by atoms with Gasteiger partial charge in [0.05, 0.1) is 43.4 Å². The monoisotopic (exact) mass is 407 g/mol. The maximum atomic E-state index is 13.0. The van der Waals surface area contributed by atoms with Gasteiger partial charge < -0.3 is 14.8 Å². The quantitative estimate of drug-likeness (QED) is 0.677. The van der Waals surface area contributed by atoms with Crippen LogP contribution in [0.4, 0.5) is 0 Å². The molecule has 30 heavy (non-hydrogen) atoms. The van der Waals surface area contributed by atoms with Gasteiger partial charge in [-0.25, -0.2) is 4.68 Å². The first-order chi connectivity index (χ1) is 14.6. The number of para-hydroxylation sites is 1. The third-order valence-electron chi connectivity index (χ3n) is 5.64. The van der Waals surface area contributed by atoms with E-state index in [0.29, 0.717) is 28.1 Å². The summed E-state index contributed by atoms with van der Waals surface area (Å²) in [6.07, 6.45) is 4.12. The van der Waals surface area contributed by atoms with Gasteiger partial charge in [-0.15, -0.1) is 0 Å². The Morgan fingerprint density at radius 2 is 1.80 bits per heavy atom. The minimum Gasteiger partial charge on any atom is -0.493 e. The highest BCUT2D eigenvalue weighted by molar-refractivity contribution is 5.98. The fourth-order valence-electron chi connectivity index (χ4n) is 4.13. The summed E-state index contributed by atoms with van der Waals surface area (Å²) in [5.41, 5.74) is 0.986. The van der Waals surface area contributed by atoms with Crippen LogP contribution in [0.5, 0.6) is 11.5 Å². The van der Waals surface area contributed by atoms with Crippen molar-refractivity contribution in [1.82, 2.24) is 15.1 Å². The molecule has 0 atom stereocenters. The van der Waals surface area contributed by atoms with Crippen molar-refractivity contribution in [2.45, 2.75) is 38.3 Å². The van der Waals surface area contributed by atoms with E-state index in [4.69, 9.17) is 9.47 Å². The number of nitrogens with one attached hydrogen (secondary N) is 1. The summed E-state index contributed by atoms with van der Waals surface area (Å²) >= 11 is 0. The molecule has 1 aliphatic carbocycles. The van der Waals surface area contributed by atoms with Crippen LogP contribution in [0.15, 0.2) is 47.3 Å². The average Bonchev–Trinajstić information content (AvgIpc) is 3.32. The number of fused-ring (bicyclic) bond motifs is 1. The molecule has 0 aliphatic heterocycles. The summed E-state index contributed by atoms with van der Waals surface area (Å²) in [4.78, 5) is 25.8. The van der Waals surface area contributed by atoms with Crippen LogP contribution in [0.1, 0.15) is 47.8 Å². The molecule has 1 heterocycles. The van der Waals surface area contributed by atoms with Crippen molar-refractivity contribution in [2.75, 3.05) is 14.2 Å². The van der Waals surface area contributed by atoms with Crippen molar-refractivity contribution >= 4 is 16.7 Å². The van der Waals surface area contributed by atoms with Gasteiger partial charge in [-0.1, -0.05) is 37.1 Å². The number of hydrogen-bond donors (Lipinski definition) is 1. The zero-order chi connectivity index (χ0) is 21.1. The predicted molar refractivity (Wildman–Crippen MR) is 114 cm³/mol. The van der Waals surface area contributed by atoms with E-state index in [1.54, 1.807) is 22.9 Å². The largest absolute Gasteiger partial charge is 0.493 e. The lowest BCUT2D eigenvalue weighted by molar-refractivity contribution is 0.0946. The molecule has 1 N–H and O–H groups in total. The van der Waals surface area contributed by atoms with Gasteiger partial charge in [-0.3, -0.25) is 9.59 Å². The number of nitrogens with zero attached hydrogens (tertiary/aromatic N) is 2.